The van der Waals surface area contributed by atoms with Gasteiger partial charge in [0.15, 0.2) is 0 Å². The second kappa shape index (κ2) is 6.37. The zero-order chi connectivity index (χ0) is 17.4. The van der Waals surface area contributed by atoms with E-state index in [0.717, 1.165) is 37.3 Å². The Kier molecular flexibility index (Phi) is 4.19. The van der Waals surface area contributed by atoms with Gasteiger partial charge in [0.25, 0.3) is 0 Å². The van der Waals surface area contributed by atoms with Gasteiger partial charge in [-0.1, -0.05) is 12.1 Å². The number of nitrogens with one attached hydrogen (secondary N) is 1. The van der Waals surface area contributed by atoms with Crippen LogP contribution >= 0.6 is 0 Å². The summed E-state index contributed by atoms with van der Waals surface area (Å²) >= 11 is 0. The number of piperidine rings is 1. The van der Waals surface area contributed by atoms with Crippen LogP contribution in [-0.2, 0) is 6.54 Å². The Morgan fingerprint density at radius 1 is 1.28 bits per heavy atom. The largest absolute Gasteiger partial charge is 0.573 e. The minimum Gasteiger partial charge on any atom is -0.406 e. The molecule has 1 aromatic carbocycles. The molecule has 4 nitrogen and oxygen atoms in total. The number of fused-ring (bicyclic) bond motifs is 1. The van der Waals surface area contributed by atoms with Gasteiger partial charge in [-0.05, 0) is 48.3 Å². The summed E-state index contributed by atoms with van der Waals surface area (Å²) in [6.45, 7) is 3.03. The van der Waals surface area contributed by atoms with Gasteiger partial charge in [-0.25, -0.2) is 4.98 Å². The first kappa shape index (κ1) is 16.4. The molecule has 25 heavy (non-hydrogen) atoms. The highest BCUT2D eigenvalue weighted by molar-refractivity contribution is 5.33. The van der Waals surface area contributed by atoms with Crippen LogP contribution in [0.5, 0.6) is 5.75 Å². The molecule has 133 valence electrons. The monoisotopic (exact) mass is 350 g/mol. The Bertz CT molecular complexity index is 705. The number of rotatable bonds is 6. The molecule has 1 aliphatic carbocycles. The summed E-state index contributed by atoms with van der Waals surface area (Å²) in [5, 5.41) is 0. The van der Waals surface area contributed by atoms with E-state index in [0.29, 0.717) is 17.8 Å². The normalized spacial score (nSPS) is 25.8. The van der Waals surface area contributed by atoms with Gasteiger partial charge in [-0.2, -0.15) is 0 Å². The van der Waals surface area contributed by atoms with Crippen molar-refractivity contribution in [2.24, 2.45) is 17.8 Å². The van der Waals surface area contributed by atoms with Gasteiger partial charge in [0.1, 0.15) is 5.75 Å². The van der Waals surface area contributed by atoms with Crippen LogP contribution in [0.15, 0.2) is 36.8 Å². The molecule has 2 aliphatic rings. The summed E-state index contributed by atoms with van der Waals surface area (Å²) in [4.78, 5) is 9.64. The van der Waals surface area contributed by atoms with Gasteiger partial charge in [-0.15, -0.1) is 13.2 Å². The van der Waals surface area contributed by atoms with Crippen LogP contribution in [0.2, 0.25) is 0 Å². The third kappa shape index (κ3) is 3.98. The molecule has 4 rings (SSSR count). The molecule has 1 saturated carbocycles. The molecule has 1 aliphatic heterocycles. The van der Waals surface area contributed by atoms with Crippen molar-refractivity contribution in [2.45, 2.75) is 19.3 Å². The van der Waals surface area contributed by atoms with Crippen molar-refractivity contribution < 1.29 is 17.9 Å². The first-order valence-electron chi connectivity index (χ1n) is 8.37. The van der Waals surface area contributed by atoms with E-state index < -0.39 is 6.36 Å². The third-order valence-electron chi connectivity index (χ3n) is 5.10. The van der Waals surface area contributed by atoms with Crippen LogP contribution in [0.1, 0.15) is 17.7 Å². The highest BCUT2D eigenvalue weighted by Crippen LogP contribution is 2.54. The van der Waals surface area contributed by atoms with E-state index in [1.165, 1.54) is 12.1 Å². The number of alkyl halides is 3. The molecule has 7 heteroatoms. The van der Waals surface area contributed by atoms with Crippen LogP contribution in [0.3, 0.4) is 0 Å². The molecule has 1 N–H and O–H groups in total. The molecule has 2 aromatic rings. The lowest BCUT2D eigenvalue weighted by Crippen LogP contribution is -2.24. The maximum absolute atomic E-state index is 12.3. The van der Waals surface area contributed by atoms with Gasteiger partial charge in [-0.3, -0.25) is 4.90 Å². The fourth-order valence-electron chi connectivity index (χ4n) is 3.93. The van der Waals surface area contributed by atoms with Crippen LogP contribution < -0.4 is 4.74 Å². The van der Waals surface area contributed by atoms with Crippen molar-refractivity contribution in [3.8, 4) is 5.75 Å². The van der Waals surface area contributed by atoms with Crippen molar-refractivity contribution in [3.63, 3.8) is 0 Å². The van der Waals surface area contributed by atoms with Gasteiger partial charge in [0.2, 0.25) is 0 Å². The third-order valence-corrected chi connectivity index (χ3v) is 5.10. The highest BCUT2D eigenvalue weighted by Gasteiger charge is 2.54. The molecular weight excluding hydrogens is 331 g/mol. The number of aromatic amines is 1. The summed E-state index contributed by atoms with van der Waals surface area (Å²) in [5.41, 5.74) is 1.84. The Labute approximate surface area is 144 Å². The molecular formula is C18H19F3N3O. The number of imidazole rings is 1. The summed E-state index contributed by atoms with van der Waals surface area (Å²) in [6, 6.07) is 6.16. The van der Waals surface area contributed by atoms with E-state index in [-0.39, 0.29) is 5.75 Å². The predicted molar refractivity (Wildman–Crippen MR) is 85.5 cm³/mol. The van der Waals surface area contributed by atoms with Crippen molar-refractivity contribution in [1.82, 2.24) is 14.9 Å². The van der Waals surface area contributed by atoms with E-state index in [2.05, 4.69) is 19.6 Å². The molecule has 1 aromatic heterocycles. The predicted octanol–water partition coefficient (Wildman–Crippen LogP) is 3.63. The topological polar surface area (TPSA) is 41.1 Å². The lowest BCUT2D eigenvalue weighted by atomic mass is 10.0. The fourth-order valence-corrected chi connectivity index (χ4v) is 3.93. The van der Waals surface area contributed by atoms with E-state index in [1.807, 2.05) is 18.7 Å². The van der Waals surface area contributed by atoms with Crippen LogP contribution in [0, 0.1) is 24.2 Å². The Morgan fingerprint density at radius 3 is 2.76 bits per heavy atom. The number of likely N-dealkylation sites (tertiary alicyclic amines) is 1. The molecule has 0 spiro atoms. The highest BCUT2D eigenvalue weighted by atomic mass is 19.4. The van der Waals surface area contributed by atoms with Crippen molar-refractivity contribution in [3.05, 3.63) is 54.5 Å². The molecule has 2 fully saturated rings. The molecule has 1 saturated heterocycles. The minimum absolute atomic E-state index is 0.164. The number of hydrogen-bond acceptors (Lipinski definition) is 3. The first-order chi connectivity index (χ1) is 12.0. The molecule has 2 heterocycles. The summed E-state index contributed by atoms with van der Waals surface area (Å²) in [5.74, 6) is 1.87. The number of aromatic nitrogens is 2. The smallest absolute Gasteiger partial charge is 0.406 e. The summed E-state index contributed by atoms with van der Waals surface area (Å²) in [6.07, 6.45) is 1.89. The van der Waals surface area contributed by atoms with Gasteiger partial charge >= 0.3 is 6.36 Å². The quantitative estimate of drug-likeness (QED) is 0.865. The van der Waals surface area contributed by atoms with Gasteiger partial charge < -0.3 is 9.72 Å². The average Bonchev–Trinajstić information content (AvgIpc) is 2.94. The van der Waals surface area contributed by atoms with E-state index in [9.17, 15) is 13.2 Å². The zero-order valence-corrected chi connectivity index (χ0v) is 13.5. The van der Waals surface area contributed by atoms with Crippen molar-refractivity contribution in [2.75, 3.05) is 13.1 Å². The van der Waals surface area contributed by atoms with E-state index in [1.54, 1.807) is 12.4 Å². The maximum Gasteiger partial charge on any atom is 0.573 e. The molecule has 2 unspecified atom stereocenters. The van der Waals surface area contributed by atoms with Crippen molar-refractivity contribution >= 4 is 0 Å². The Balaban J connectivity index is 1.24. The van der Waals surface area contributed by atoms with Crippen LogP contribution in [0.4, 0.5) is 13.2 Å². The molecule has 1 radical (unpaired) electrons. The number of halogens is 3. The molecule has 2 atom stereocenters. The van der Waals surface area contributed by atoms with E-state index >= 15 is 0 Å². The van der Waals surface area contributed by atoms with Gasteiger partial charge in [0.05, 0.1) is 12.0 Å². The second-order valence-electron chi connectivity index (χ2n) is 6.81. The second-order valence-corrected chi connectivity index (χ2v) is 6.81. The zero-order valence-electron chi connectivity index (χ0n) is 13.5. The number of H-pyrrole nitrogens is 1. The van der Waals surface area contributed by atoms with Crippen LogP contribution in [0.25, 0.3) is 0 Å². The van der Waals surface area contributed by atoms with Crippen LogP contribution in [-0.4, -0.2) is 34.3 Å². The minimum atomic E-state index is -4.65. The standard InChI is InChI=1S/C18H19F3N3O/c19-18(20,21)25-14-3-1-2-12(6-14)4-5-15-16-9-24(10-17(15)16)8-13-7-22-11-23-13/h1-4,6-7,11,15-17H,5,8-10H2,(H,22,23). The molecule has 0 bridgehead atoms. The van der Waals surface area contributed by atoms with E-state index in [4.69, 9.17) is 0 Å². The van der Waals surface area contributed by atoms with Gasteiger partial charge in [0, 0.05) is 25.8 Å². The maximum atomic E-state index is 12.3. The fraction of sp³-hybridized carbons (Fsp3) is 0.444. The first-order valence-corrected chi connectivity index (χ1v) is 8.37. The number of hydrogen-bond donors (Lipinski definition) is 1. The Morgan fingerprint density at radius 2 is 2.08 bits per heavy atom. The number of ether oxygens (including phenoxy) is 1. The average molecular weight is 350 g/mol. The molecule has 0 amide bonds. The summed E-state index contributed by atoms with van der Waals surface area (Å²) < 4.78 is 40.8. The SMILES string of the molecule is FC(F)(F)Oc1cccc([CH]CC2C3CN(Cc4c[nH]cn4)CC23)c1. The Hall–Kier alpha value is -2.02. The lowest BCUT2D eigenvalue weighted by molar-refractivity contribution is -0.274. The number of nitrogens with zero attached hydrogens (tertiary/aromatic N) is 2. The lowest BCUT2D eigenvalue weighted by Gasteiger charge is -2.18. The van der Waals surface area contributed by atoms with Crippen molar-refractivity contribution in [1.29, 1.82) is 0 Å². The summed E-state index contributed by atoms with van der Waals surface area (Å²) in [7, 11) is 0. The number of benzene rings is 1.